The monoisotopic (exact) mass is 340 g/mol. The quantitative estimate of drug-likeness (QED) is 0.775. The molecule has 0 radical (unpaired) electrons. The minimum absolute atomic E-state index is 0.0669. The molecule has 1 aliphatic rings. The molecule has 2 aromatic heterocycles. The van der Waals surface area contributed by atoms with Gasteiger partial charge in [0.05, 0.1) is 0 Å². The molecule has 6 heteroatoms. The van der Waals surface area contributed by atoms with Gasteiger partial charge in [-0.1, -0.05) is 48.8 Å². The van der Waals surface area contributed by atoms with Crippen molar-refractivity contribution in [3.8, 4) is 0 Å². The minimum atomic E-state index is -0.0669. The van der Waals surface area contributed by atoms with Gasteiger partial charge in [-0.15, -0.1) is 10.2 Å². The molecule has 24 heavy (non-hydrogen) atoms. The molecule has 2 heterocycles. The summed E-state index contributed by atoms with van der Waals surface area (Å²) in [6, 6.07) is 10.1. The second-order valence-electron chi connectivity index (χ2n) is 6.33. The average molecular weight is 340 g/mol. The molecule has 0 unspecified atom stereocenters. The van der Waals surface area contributed by atoms with E-state index in [0.717, 1.165) is 15.9 Å². The number of benzene rings is 1. The Morgan fingerprint density at radius 1 is 1.17 bits per heavy atom. The van der Waals surface area contributed by atoms with Crippen molar-refractivity contribution in [3.05, 3.63) is 41.5 Å². The van der Waals surface area contributed by atoms with E-state index in [0.29, 0.717) is 11.0 Å². The summed E-state index contributed by atoms with van der Waals surface area (Å²) in [6.45, 7) is 0.284. The van der Waals surface area contributed by atoms with Crippen molar-refractivity contribution in [2.45, 2.75) is 44.6 Å². The smallest absolute Gasteiger partial charge is 0.246 e. The van der Waals surface area contributed by atoms with Crippen molar-refractivity contribution in [2.24, 2.45) is 0 Å². The van der Waals surface area contributed by atoms with Gasteiger partial charge in [-0.3, -0.25) is 10.1 Å². The number of amides is 1. The summed E-state index contributed by atoms with van der Waals surface area (Å²) < 4.78 is 1.95. The van der Waals surface area contributed by atoms with Crippen LogP contribution in [0.2, 0.25) is 0 Å². The normalized spacial score (nSPS) is 15.7. The van der Waals surface area contributed by atoms with Crippen molar-refractivity contribution in [2.75, 3.05) is 5.32 Å². The van der Waals surface area contributed by atoms with Gasteiger partial charge in [0.1, 0.15) is 11.6 Å². The number of carbonyl (C=O) groups is 1. The third-order valence-corrected chi connectivity index (χ3v) is 5.64. The Kier molecular flexibility index (Phi) is 4.30. The van der Waals surface area contributed by atoms with E-state index in [1.54, 1.807) is 0 Å². The first-order valence-corrected chi connectivity index (χ1v) is 9.28. The lowest BCUT2D eigenvalue weighted by molar-refractivity contribution is -0.116. The van der Waals surface area contributed by atoms with Crippen LogP contribution in [0.5, 0.6) is 0 Å². The summed E-state index contributed by atoms with van der Waals surface area (Å²) in [5.74, 6) is 0.456. The van der Waals surface area contributed by atoms with Crippen molar-refractivity contribution < 1.29 is 4.79 Å². The van der Waals surface area contributed by atoms with Gasteiger partial charge >= 0.3 is 0 Å². The van der Waals surface area contributed by atoms with Gasteiger partial charge in [-0.25, -0.2) is 0 Å². The third-order valence-electron chi connectivity index (χ3n) is 4.64. The standard InChI is InChI=1S/C18H20N4OS/c23-16(12-22-11-10-13-6-4-5-9-15(13)22)19-18-21-20-17(24-18)14-7-2-1-3-8-14/h4-6,9-11,14H,1-3,7-8,12H2,(H,19,21,23). The average Bonchev–Trinajstić information content (AvgIpc) is 3.23. The van der Waals surface area contributed by atoms with E-state index in [1.165, 1.54) is 43.4 Å². The Labute approximate surface area is 144 Å². The molecular weight excluding hydrogens is 320 g/mol. The van der Waals surface area contributed by atoms with Gasteiger partial charge in [-0.2, -0.15) is 0 Å². The Hall–Kier alpha value is -2.21. The molecular formula is C18H20N4OS. The van der Waals surface area contributed by atoms with Gasteiger partial charge < -0.3 is 4.57 Å². The van der Waals surface area contributed by atoms with Crippen LogP contribution in [0.25, 0.3) is 10.9 Å². The fraction of sp³-hybridized carbons (Fsp3) is 0.389. The summed E-state index contributed by atoms with van der Waals surface area (Å²) in [6.07, 6.45) is 8.19. The van der Waals surface area contributed by atoms with Gasteiger partial charge in [0.15, 0.2) is 0 Å². The minimum Gasteiger partial charge on any atom is -0.338 e. The molecule has 0 aliphatic heterocycles. The summed E-state index contributed by atoms with van der Waals surface area (Å²) >= 11 is 1.52. The molecule has 124 valence electrons. The van der Waals surface area contributed by atoms with Crippen molar-refractivity contribution in [3.63, 3.8) is 0 Å². The maximum absolute atomic E-state index is 12.3. The van der Waals surface area contributed by atoms with Crippen LogP contribution >= 0.6 is 11.3 Å². The molecule has 1 aliphatic carbocycles. The summed E-state index contributed by atoms with van der Waals surface area (Å²) in [4.78, 5) is 12.3. The zero-order chi connectivity index (χ0) is 16.4. The first-order chi connectivity index (χ1) is 11.8. The first kappa shape index (κ1) is 15.3. The highest BCUT2D eigenvalue weighted by molar-refractivity contribution is 7.15. The molecule has 1 N–H and O–H groups in total. The Bertz CT molecular complexity index is 847. The van der Waals surface area contributed by atoms with Crippen molar-refractivity contribution >= 4 is 33.3 Å². The van der Waals surface area contributed by atoms with Crippen LogP contribution in [-0.4, -0.2) is 20.7 Å². The third kappa shape index (κ3) is 3.19. The zero-order valence-electron chi connectivity index (χ0n) is 13.4. The summed E-state index contributed by atoms with van der Waals surface area (Å²) in [7, 11) is 0. The van der Waals surface area contributed by atoms with Crippen LogP contribution in [0.1, 0.15) is 43.0 Å². The van der Waals surface area contributed by atoms with E-state index < -0.39 is 0 Å². The fourth-order valence-electron chi connectivity index (χ4n) is 3.39. The molecule has 4 rings (SSSR count). The lowest BCUT2D eigenvalue weighted by atomic mass is 9.90. The molecule has 1 saturated carbocycles. The summed E-state index contributed by atoms with van der Waals surface area (Å²) in [5.41, 5.74) is 1.06. The molecule has 1 aromatic carbocycles. The lowest BCUT2D eigenvalue weighted by Gasteiger charge is -2.18. The molecule has 1 fully saturated rings. The van der Waals surface area contributed by atoms with Crippen LogP contribution in [0, 0.1) is 0 Å². The molecule has 0 saturated heterocycles. The van der Waals surface area contributed by atoms with Gasteiger partial charge in [0, 0.05) is 17.6 Å². The second kappa shape index (κ2) is 6.73. The van der Waals surface area contributed by atoms with E-state index in [-0.39, 0.29) is 12.5 Å². The van der Waals surface area contributed by atoms with Gasteiger partial charge in [-0.05, 0) is 30.4 Å². The topological polar surface area (TPSA) is 59.8 Å². The Morgan fingerprint density at radius 3 is 2.88 bits per heavy atom. The van der Waals surface area contributed by atoms with E-state index >= 15 is 0 Å². The number of fused-ring (bicyclic) bond motifs is 1. The number of hydrogen-bond donors (Lipinski definition) is 1. The molecule has 0 atom stereocenters. The van der Waals surface area contributed by atoms with Gasteiger partial charge in [0.2, 0.25) is 11.0 Å². The van der Waals surface area contributed by atoms with Crippen LogP contribution in [0.4, 0.5) is 5.13 Å². The van der Waals surface area contributed by atoms with Crippen molar-refractivity contribution in [1.82, 2.24) is 14.8 Å². The highest BCUT2D eigenvalue weighted by atomic mass is 32.1. The maximum atomic E-state index is 12.3. The van der Waals surface area contributed by atoms with E-state index in [1.807, 2.05) is 41.1 Å². The molecule has 0 bridgehead atoms. The first-order valence-electron chi connectivity index (χ1n) is 8.47. The number of aromatic nitrogens is 3. The molecule has 0 spiro atoms. The number of rotatable bonds is 4. The van der Waals surface area contributed by atoms with Crippen molar-refractivity contribution in [1.29, 1.82) is 0 Å². The number of para-hydroxylation sites is 1. The number of anilines is 1. The van der Waals surface area contributed by atoms with E-state index in [9.17, 15) is 4.79 Å². The van der Waals surface area contributed by atoms with Gasteiger partial charge in [0.25, 0.3) is 0 Å². The number of nitrogens with one attached hydrogen (secondary N) is 1. The molecule has 5 nitrogen and oxygen atoms in total. The predicted octanol–water partition coefficient (Wildman–Crippen LogP) is 4.18. The fourth-order valence-corrected chi connectivity index (χ4v) is 4.32. The number of nitrogens with zero attached hydrogens (tertiary/aromatic N) is 3. The second-order valence-corrected chi connectivity index (χ2v) is 7.34. The maximum Gasteiger partial charge on any atom is 0.246 e. The van der Waals surface area contributed by atoms with Crippen LogP contribution < -0.4 is 5.32 Å². The molecule has 1 amide bonds. The largest absolute Gasteiger partial charge is 0.338 e. The highest BCUT2D eigenvalue weighted by Gasteiger charge is 2.20. The molecule has 3 aromatic rings. The van der Waals surface area contributed by atoms with E-state index in [4.69, 9.17) is 0 Å². The number of hydrogen-bond acceptors (Lipinski definition) is 4. The lowest BCUT2D eigenvalue weighted by Crippen LogP contribution is -2.18. The van der Waals surface area contributed by atoms with Crippen LogP contribution in [0.15, 0.2) is 36.5 Å². The van der Waals surface area contributed by atoms with Crippen LogP contribution in [0.3, 0.4) is 0 Å². The Morgan fingerprint density at radius 2 is 2.00 bits per heavy atom. The predicted molar refractivity (Wildman–Crippen MR) is 96.3 cm³/mol. The van der Waals surface area contributed by atoms with Crippen LogP contribution in [-0.2, 0) is 11.3 Å². The number of carbonyl (C=O) groups excluding carboxylic acids is 1. The zero-order valence-corrected chi connectivity index (χ0v) is 14.3. The highest BCUT2D eigenvalue weighted by Crippen LogP contribution is 2.35. The summed E-state index contributed by atoms with van der Waals surface area (Å²) in [5, 5.41) is 14.1. The Balaban J connectivity index is 1.42. The SMILES string of the molecule is O=C(Cn1ccc2ccccc21)Nc1nnc(C2CCCCC2)s1. The van der Waals surface area contributed by atoms with E-state index in [2.05, 4.69) is 15.5 Å².